The molecule has 0 radical (unpaired) electrons. The molecule has 1 aliphatic carbocycles. The summed E-state index contributed by atoms with van der Waals surface area (Å²) in [5, 5.41) is 0. The first-order valence-corrected chi connectivity index (χ1v) is 5.80. The molecule has 0 N–H and O–H groups in total. The average molecular weight is 216 g/mol. The van der Waals surface area contributed by atoms with Gasteiger partial charge in [-0.25, -0.2) is 0 Å². The molecule has 1 saturated carbocycles. The van der Waals surface area contributed by atoms with Crippen molar-refractivity contribution in [3.05, 3.63) is 0 Å². The third kappa shape index (κ3) is 2.66. The molecular weight excluding hydrogens is 196 g/mol. The summed E-state index contributed by atoms with van der Waals surface area (Å²) < 4.78 is 4.92. The molecule has 0 bridgehead atoms. The maximum atomic E-state index is 11.7. The van der Waals surface area contributed by atoms with Crippen LogP contribution in [0.3, 0.4) is 0 Å². The van der Waals surface area contributed by atoms with E-state index in [-0.39, 0.29) is 11.6 Å². The molecule has 82 valence electrons. The quantitative estimate of drug-likeness (QED) is 0.580. The Labute approximate surface area is 91.8 Å². The first-order chi connectivity index (χ1) is 6.40. The summed E-state index contributed by atoms with van der Waals surface area (Å²) >= 11 is 4.22. The van der Waals surface area contributed by atoms with Gasteiger partial charge in [0.2, 0.25) is 0 Å². The Kier molecular flexibility index (Phi) is 3.51. The van der Waals surface area contributed by atoms with Crippen molar-refractivity contribution in [2.75, 3.05) is 0 Å². The van der Waals surface area contributed by atoms with E-state index in [0.29, 0.717) is 0 Å². The van der Waals surface area contributed by atoms with Gasteiger partial charge in [0.15, 0.2) is 0 Å². The Balaban J connectivity index is 2.61. The lowest BCUT2D eigenvalue weighted by atomic mass is 9.98. The molecular formula is C11H20O2S. The molecule has 0 unspecified atom stereocenters. The normalized spacial score (nSPS) is 20.9. The van der Waals surface area contributed by atoms with Crippen LogP contribution in [0.4, 0.5) is 0 Å². The van der Waals surface area contributed by atoms with Crippen LogP contribution >= 0.6 is 12.6 Å². The summed E-state index contributed by atoms with van der Waals surface area (Å²) in [6.07, 6.45) is 5.29. The maximum absolute atomic E-state index is 11.7. The van der Waals surface area contributed by atoms with Gasteiger partial charge in [-0.15, -0.1) is 0 Å². The van der Waals surface area contributed by atoms with Crippen LogP contribution in [0.15, 0.2) is 0 Å². The van der Waals surface area contributed by atoms with E-state index < -0.39 is 4.75 Å². The highest BCUT2D eigenvalue weighted by Crippen LogP contribution is 2.37. The molecule has 3 heteroatoms. The lowest BCUT2D eigenvalue weighted by molar-refractivity contribution is -0.161. The molecule has 0 saturated heterocycles. The molecule has 0 heterocycles. The van der Waals surface area contributed by atoms with E-state index in [0.717, 1.165) is 19.3 Å². The first-order valence-electron chi connectivity index (χ1n) is 5.35. The Morgan fingerprint density at radius 1 is 1.43 bits per heavy atom. The molecule has 14 heavy (non-hydrogen) atoms. The van der Waals surface area contributed by atoms with Gasteiger partial charge < -0.3 is 4.74 Å². The lowest BCUT2D eigenvalue weighted by Gasteiger charge is -2.30. The van der Waals surface area contributed by atoms with Crippen LogP contribution in [0.2, 0.25) is 0 Å². The van der Waals surface area contributed by atoms with Crippen molar-refractivity contribution in [3.63, 3.8) is 0 Å². The van der Waals surface area contributed by atoms with Crippen molar-refractivity contribution in [2.45, 2.75) is 63.2 Å². The summed E-state index contributed by atoms with van der Waals surface area (Å²) in [5.74, 6) is -0.190. The van der Waals surface area contributed by atoms with Crippen molar-refractivity contribution in [1.82, 2.24) is 0 Å². The van der Waals surface area contributed by atoms with Gasteiger partial charge in [0.05, 0.1) is 0 Å². The van der Waals surface area contributed by atoms with Crippen LogP contribution in [0.5, 0.6) is 0 Å². The van der Waals surface area contributed by atoms with Gasteiger partial charge in [-0.2, -0.15) is 12.6 Å². The van der Waals surface area contributed by atoms with Crippen LogP contribution in [0.1, 0.15) is 52.9 Å². The van der Waals surface area contributed by atoms with E-state index in [4.69, 9.17) is 4.74 Å². The molecule has 0 aromatic heterocycles. The van der Waals surface area contributed by atoms with Crippen molar-refractivity contribution in [2.24, 2.45) is 0 Å². The molecule has 0 amide bonds. The van der Waals surface area contributed by atoms with Crippen molar-refractivity contribution in [1.29, 1.82) is 0 Å². The zero-order valence-electron chi connectivity index (χ0n) is 9.30. The highest BCUT2D eigenvalue weighted by atomic mass is 32.1. The molecule has 0 aromatic rings. The number of rotatable bonds is 3. The van der Waals surface area contributed by atoms with Gasteiger partial charge in [0, 0.05) is 0 Å². The summed E-state index contributed by atoms with van der Waals surface area (Å²) in [4.78, 5) is 11.7. The summed E-state index contributed by atoms with van der Waals surface area (Å²) in [7, 11) is 0. The predicted molar refractivity (Wildman–Crippen MR) is 60.6 cm³/mol. The summed E-state index contributed by atoms with van der Waals surface area (Å²) in [6.45, 7) is 5.64. The number of carbonyl (C=O) groups is 1. The Morgan fingerprint density at radius 3 is 2.29 bits per heavy atom. The minimum atomic E-state index is -0.676. The fourth-order valence-electron chi connectivity index (χ4n) is 1.87. The fraction of sp³-hybridized carbons (Fsp3) is 0.909. The average Bonchev–Trinajstić information content (AvgIpc) is 2.52. The predicted octanol–water partition coefficient (Wildman–Crippen LogP) is 2.96. The summed E-state index contributed by atoms with van der Waals surface area (Å²) in [6, 6.07) is 0. The van der Waals surface area contributed by atoms with Crippen molar-refractivity contribution < 1.29 is 9.53 Å². The SMILES string of the molecule is CCC1(OC(=O)C(C)(C)S)CCCC1. The maximum Gasteiger partial charge on any atom is 0.321 e. The second-order valence-electron chi connectivity index (χ2n) is 4.69. The fourth-order valence-corrected chi connectivity index (χ4v) is 1.91. The minimum Gasteiger partial charge on any atom is -0.458 e. The Bertz CT molecular complexity index is 212. The topological polar surface area (TPSA) is 26.3 Å². The minimum absolute atomic E-state index is 0.183. The van der Waals surface area contributed by atoms with E-state index in [9.17, 15) is 4.79 Å². The molecule has 1 aliphatic rings. The molecule has 0 spiro atoms. The third-order valence-electron chi connectivity index (χ3n) is 2.97. The van der Waals surface area contributed by atoms with Crippen LogP contribution < -0.4 is 0 Å². The van der Waals surface area contributed by atoms with Gasteiger partial charge in [0.1, 0.15) is 10.3 Å². The molecule has 0 aliphatic heterocycles. The van der Waals surface area contributed by atoms with Crippen molar-refractivity contribution >= 4 is 18.6 Å². The van der Waals surface area contributed by atoms with Gasteiger partial charge in [-0.3, -0.25) is 4.79 Å². The molecule has 2 nitrogen and oxygen atoms in total. The smallest absolute Gasteiger partial charge is 0.321 e. The number of thiol groups is 1. The third-order valence-corrected chi connectivity index (χ3v) is 3.15. The number of ether oxygens (including phenoxy) is 1. The highest BCUT2D eigenvalue weighted by Gasteiger charge is 2.38. The van der Waals surface area contributed by atoms with Gasteiger partial charge in [-0.1, -0.05) is 6.92 Å². The number of esters is 1. The number of carbonyl (C=O) groups excluding carboxylic acids is 1. The van der Waals surface area contributed by atoms with Gasteiger partial charge >= 0.3 is 5.97 Å². The van der Waals surface area contributed by atoms with Gasteiger partial charge in [-0.05, 0) is 46.0 Å². The molecule has 0 atom stereocenters. The van der Waals surface area contributed by atoms with E-state index in [1.165, 1.54) is 12.8 Å². The number of hydrogen-bond donors (Lipinski definition) is 1. The van der Waals surface area contributed by atoms with E-state index >= 15 is 0 Å². The van der Waals surface area contributed by atoms with E-state index in [1.54, 1.807) is 13.8 Å². The standard InChI is InChI=1S/C11H20O2S/c1-4-11(7-5-6-8-11)13-9(12)10(2,3)14/h14H,4-8H2,1-3H3. The van der Waals surface area contributed by atoms with Gasteiger partial charge in [0.25, 0.3) is 0 Å². The largest absolute Gasteiger partial charge is 0.458 e. The lowest BCUT2D eigenvalue weighted by Crippen LogP contribution is -2.38. The van der Waals surface area contributed by atoms with Crippen LogP contribution in [0, 0.1) is 0 Å². The van der Waals surface area contributed by atoms with Crippen molar-refractivity contribution in [3.8, 4) is 0 Å². The zero-order chi connectivity index (χ0) is 10.8. The van der Waals surface area contributed by atoms with E-state index in [1.807, 2.05) is 0 Å². The highest BCUT2D eigenvalue weighted by molar-refractivity contribution is 7.82. The molecule has 1 fully saturated rings. The zero-order valence-corrected chi connectivity index (χ0v) is 10.2. The monoisotopic (exact) mass is 216 g/mol. The Morgan fingerprint density at radius 2 is 1.93 bits per heavy atom. The van der Waals surface area contributed by atoms with Crippen LogP contribution in [-0.2, 0) is 9.53 Å². The molecule has 0 aromatic carbocycles. The molecule has 1 rings (SSSR count). The summed E-state index contributed by atoms with van der Waals surface area (Å²) in [5.41, 5.74) is -0.183. The Hall–Kier alpha value is -0.180. The second-order valence-corrected chi connectivity index (χ2v) is 5.81. The second kappa shape index (κ2) is 4.13. The van der Waals surface area contributed by atoms with Crippen LogP contribution in [0.25, 0.3) is 0 Å². The first kappa shape index (κ1) is 11.9. The number of hydrogen-bond acceptors (Lipinski definition) is 3. The van der Waals surface area contributed by atoms with E-state index in [2.05, 4.69) is 19.6 Å². The van der Waals surface area contributed by atoms with Crippen LogP contribution in [-0.4, -0.2) is 16.3 Å².